The first-order valence-corrected chi connectivity index (χ1v) is 6.98. The highest BCUT2D eigenvalue weighted by molar-refractivity contribution is 5.86. The van der Waals surface area contributed by atoms with Crippen LogP contribution in [-0.2, 0) is 20.4 Å². The lowest BCUT2D eigenvalue weighted by molar-refractivity contribution is -0.139. The van der Waals surface area contributed by atoms with Crippen molar-refractivity contribution < 1.29 is 32.2 Å². The van der Waals surface area contributed by atoms with Gasteiger partial charge < -0.3 is 14.2 Å². The summed E-state index contributed by atoms with van der Waals surface area (Å²) < 4.78 is 54.0. The second-order valence-corrected chi connectivity index (χ2v) is 4.93. The van der Waals surface area contributed by atoms with Crippen molar-refractivity contribution in [2.45, 2.75) is 13.1 Å². The number of hydrogen-bond donors (Lipinski definition) is 0. The molecule has 1 aromatic carbocycles. The zero-order valence-corrected chi connectivity index (χ0v) is 13.6. The number of carbonyl (C=O) groups is 1. The van der Waals surface area contributed by atoms with Crippen molar-refractivity contribution in [3.63, 3.8) is 0 Å². The Hall–Kier alpha value is -2.97. The summed E-state index contributed by atoms with van der Waals surface area (Å²) in [6, 6.07) is 4.66. The first kappa shape index (κ1) is 18.4. The number of nitrogens with zero attached hydrogens (tertiary/aromatic N) is 2. The molecule has 0 aliphatic carbocycles. The van der Waals surface area contributed by atoms with Gasteiger partial charge in [0.05, 0.1) is 31.7 Å². The van der Waals surface area contributed by atoms with E-state index >= 15 is 0 Å². The highest BCUT2D eigenvalue weighted by Crippen LogP contribution is 2.30. The highest BCUT2D eigenvalue weighted by Gasteiger charge is 2.32. The monoisotopic (exact) mass is 356 g/mol. The van der Waals surface area contributed by atoms with Crippen molar-refractivity contribution in [1.82, 2.24) is 9.78 Å². The van der Waals surface area contributed by atoms with Gasteiger partial charge in [-0.25, -0.2) is 9.48 Å². The van der Waals surface area contributed by atoms with E-state index in [1.807, 2.05) is 0 Å². The molecule has 0 N–H and O–H groups in total. The molecule has 0 atom stereocenters. The number of rotatable bonds is 5. The molecule has 1 aromatic heterocycles. The smallest absolute Gasteiger partial charge is 0.419 e. The summed E-state index contributed by atoms with van der Waals surface area (Å²) in [5, 5.41) is 3.70. The molecule has 0 saturated heterocycles. The largest absolute Gasteiger partial charge is 0.500 e. The van der Waals surface area contributed by atoms with E-state index in [1.165, 1.54) is 20.3 Å². The number of ether oxygens (including phenoxy) is 3. The minimum Gasteiger partial charge on any atom is -0.500 e. The van der Waals surface area contributed by atoms with Crippen molar-refractivity contribution in [2.75, 3.05) is 14.2 Å². The molecular weight excluding hydrogens is 341 g/mol. The maximum Gasteiger partial charge on any atom is 0.419 e. The summed E-state index contributed by atoms with van der Waals surface area (Å²) in [4.78, 5) is 11.6. The van der Waals surface area contributed by atoms with E-state index in [9.17, 15) is 18.0 Å². The van der Waals surface area contributed by atoms with E-state index in [2.05, 4.69) is 9.84 Å². The number of carbonyl (C=O) groups excluding carboxylic acids is 1. The minimum atomic E-state index is -4.48. The second kappa shape index (κ2) is 7.29. The highest BCUT2D eigenvalue weighted by atomic mass is 19.4. The zero-order valence-electron chi connectivity index (χ0n) is 13.6. The predicted molar refractivity (Wildman–Crippen MR) is 81.0 cm³/mol. The van der Waals surface area contributed by atoms with Gasteiger partial charge in [-0.15, -0.1) is 0 Å². The number of halogens is 3. The maximum absolute atomic E-state index is 12.7. The number of alkyl halides is 3. The zero-order chi connectivity index (χ0) is 18.6. The van der Waals surface area contributed by atoms with Gasteiger partial charge in [0.25, 0.3) is 0 Å². The molecule has 0 bridgehead atoms. The van der Waals surface area contributed by atoms with Gasteiger partial charge in [-0.3, -0.25) is 0 Å². The number of esters is 1. The summed E-state index contributed by atoms with van der Waals surface area (Å²) in [6.07, 6.45) is -1.83. The van der Waals surface area contributed by atoms with Crippen LogP contribution in [0.5, 0.6) is 5.75 Å². The first-order chi connectivity index (χ1) is 11.8. The van der Waals surface area contributed by atoms with Gasteiger partial charge in [-0.1, -0.05) is 6.07 Å². The van der Waals surface area contributed by atoms with E-state index in [0.717, 1.165) is 23.3 Å². The van der Waals surface area contributed by atoms with E-state index < -0.39 is 17.7 Å². The molecule has 134 valence electrons. The standard InChI is InChI=1S/C16H15F3N2O4/c1-10-4-5-12(21-8-11(7-20-21)16(17,18)19)6-13(10)25-14(9-23-2)15(22)24-3/h4-9H,1-3H3/b14-9-. The van der Waals surface area contributed by atoms with Crippen molar-refractivity contribution in [3.05, 3.63) is 53.7 Å². The summed E-state index contributed by atoms with van der Waals surface area (Å²) in [7, 11) is 2.51. The van der Waals surface area contributed by atoms with Gasteiger partial charge in [0, 0.05) is 12.3 Å². The average Bonchev–Trinajstić information content (AvgIpc) is 3.06. The Labute approximate surface area is 141 Å². The molecule has 0 amide bonds. The fraction of sp³-hybridized carbons (Fsp3) is 0.250. The average molecular weight is 356 g/mol. The second-order valence-electron chi connectivity index (χ2n) is 4.93. The fourth-order valence-electron chi connectivity index (χ4n) is 1.89. The lowest BCUT2D eigenvalue weighted by Crippen LogP contribution is -2.12. The van der Waals surface area contributed by atoms with Crippen LogP contribution < -0.4 is 4.74 Å². The van der Waals surface area contributed by atoms with Crippen LogP contribution in [0.15, 0.2) is 42.6 Å². The molecule has 0 fully saturated rings. The van der Waals surface area contributed by atoms with Crippen LogP contribution in [-0.4, -0.2) is 30.0 Å². The van der Waals surface area contributed by atoms with E-state index in [0.29, 0.717) is 11.3 Å². The molecule has 0 aliphatic rings. The minimum absolute atomic E-state index is 0.207. The Bertz CT molecular complexity index is 797. The molecule has 1 heterocycles. The topological polar surface area (TPSA) is 62.6 Å². The van der Waals surface area contributed by atoms with Crippen LogP contribution in [0, 0.1) is 6.92 Å². The Morgan fingerprint density at radius 3 is 2.56 bits per heavy atom. The normalized spacial score (nSPS) is 12.0. The summed E-state index contributed by atoms with van der Waals surface area (Å²) in [5.41, 5.74) is 0.112. The molecule has 0 radical (unpaired) electrons. The molecule has 6 nitrogen and oxygen atoms in total. The Balaban J connectivity index is 2.36. The molecule has 9 heteroatoms. The molecule has 0 spiro atoms. The molecule has 0 aliphatic heterocycles. The first-order valence-electron chi connectivity index (χ1n) is 6.98. The predicted octanol–water partition coefficient (Wildman–Crippen LogP) is 3.24. The Kier molecular flexibility index (Phi) is 5.35. The van der Waals surface area contributed by atoms with Crippen LogP contribution >= 0.6 is 0 Å². The number of benzene rings is 1. The van der Waals surface area contributed by atoms with Crippen LogP contribution in [0.2, 0.25) is 0 Å². The van der Waals surface area contributed by atoms with Crippen LogP contribution in [0.1, 0.15) is 11.1 Å². The third kappa shape index (κ3) is 4.31. The fourth-order valence-corrected chi connectivity index (χ4v) is 1.89. The molecule has 0 unspecified atom stereocenters. The summed E-state index contributed by atoms with van der Waals surface area (Å²) in [5.74, 6) is -0.720. The molecule has 25 heavy (non-hydrogen) atoms. The molecule has 2 aromatic rings. The quantitative estimate of drug-likeness (QED) is 0.468. The van der Waals surface area contributed by atoms with Crippen molar-refractivity contribution in [2.24, 2.45) is 0 Å². The molecule has 0 saturated carbocycles. The number of aromatic nitrogens is 2. The van der Waals surface area contributed by atoms with E-state index in [4.69, 9.17) is 9.47 Å². The summed E-state index contributed by atoms with van der Waals surface area (Å²) in [6.45, 7) is 1.71. The van der Waals surface area contributed by atoms with E-state index in [1.54, 1.807) is 19.1 Å². The maximum atomic E-state index is 12.7. The van der Waals surface area contributed by atoms with Crippen LogP contribution in [0.25, 0.3) is 5.69 Å². The van der Waals surface area contributed by atoms with Gasteiger partial charge in [0.15, 0.2) is 0 Å². The van der Waals surface area contributed by atoms with Gasteiger partial charge in [-0.2, -0.15) is 18.3 Å². The third-order valence-electron chi connectivity index (χ3n) is 3.18. The number of hydrogen-bond acceptors (Lipinski definition) is 5. The number of methoxy groups -OCH3 is 2. The molecular formula is C16H15F3N2O4. The van der Waals surface area contributed by atoms with Gasteiger partial charge in [0.2, 0.25) is 5.76 Å². The SMILES string of the molecule is CO/C=C(\Oc1cc(-n2cc(C(F)(F)F)cn2)ccc1C)C(=O)OC. The Morgan fingerprint density at radius 1 is 1.28 bits per heavy atom. The lowest BCUT2D eigenvalue weighted by Gasteiger charge is -2.12. The Morgan fingerprint density at radius 2 is 2.00 bits per heavy atom. The van der Waals surface area contributed by atoms with Gasteiger partial charge >= 0.3 is 12.1 Å². The van der Waals surface area contributed by atoms with Crippen molar-refractivity contribution >= 4 is 5.97 Å². The van der Waals surface area contributed by atoms with Crippen LogP contribution in [0.3, 0.4) is 0 Å². The third-order valence-corrected chi connectivity index (χ3v) is 3.18. The van der Waals surface area contributed by atoms with Crippen molar-refractivity contribution in [3.8, 4) is 11.4 Å². The lowest BCUT2D eigenvalue weighted by atomic mass is 10.2. The van der Waals surface area contributed by atoms with Gasteiger partial charge in [-0.05, 0) is 18.6 Å². The molecule has 2 rings (SSSR count). The van der Waals surface area contributed by atoms with E-state index in [-0.39, 0.29) is 11.5 Å². The number of aryl methyl sites for hydroxylation is 1. The van der Waals surface area contributed by atoms with Gasteiger partial charge in [0.1, 0.15) is 12.0 Å². The van der Waals surface area contributed by atoms with Crippen LogP contribution in [0.4, 0.5) is 13.2 Å². The summed E-state index contributed by atoms with van der Waals surface area (Å²) >= 11 is 0. The van der Waals surface area contributed by atoms with Crippen molar-refractivity contribution in [1.29, 1.82) is 0 Å².